The molecule has 3 N–H and O–H groups in total. The summed E-state index contributed by atoms with van der Waals surface area (Å²) in [5, 5.41) is 9.63. The highest BCUT2D eigenvalue weighted by molar-refractivity contribution is 14.0. The van der Waals surface area contributed by atoms with E-state index in [1.165, 1.54) is 0 Å². The lowest BCUT2D eigenvalue weighted by atomic mass is 10.2. The van der Waals surface area contributed by atoms with E-state index in [-0.39, 0.29) is 29.9 Å². The summed E-state index contributed by atoms with van der Waals surface area (Å²) in [6.45, 7) is 5.02. The van der Waals surface area contributed by atoms with Crippen molar-refractivity contribution in [2.75, 3.05) is 52.4 Å². The Kier molecular flexibility index (Phi) is 15.3. The van der Waals surface area contributed by atoms with Crippen molar-refractivity contribution in [3.63, 3.8) is 0 Å². The summed E-state index contributed by atoms with van der Waals surface area (Å²) in [5.41, 5.74) is 1.67. The Morgan fingerprint density at radius 3 is 2.59 bits per heavy atom. The maximum Gasteiger partial charge on any atom is 0.226 e. The van der Waals surface area contributed by atoms with Gasteiger partial charge in [0.25, 0.3) is 0 Å². The molecule has 1 aromatic rings. The molecule has 0 radical (unpaired) electrons. The fourth-order valence-corrected chi connectivity index (χ4v) is 2.36. The number of guanidine groups is 1. The Hall–Kier alpha value is -1.10. The minimum Gasteiger partial charge on any atom is -0.382 e. The summed E-state index contributed by atoms with van der Waals surface area (Å²) in [7, 11) is 3.34. The largest absolute Gasteiger partial charge is 0.382 e. The molecule has 0 atom stereocenters. The molecule has 9 heteroatoms. The number of hydrogen-bond acceptors (Lipinski definition) is 4. The van der Waals surface area contributed by atoms with Crippen LogP contribution < -0.4 is 16.0 Å². The van der Waals surface area contributed by atoms with Gasteiger partial charge in [-0.05, 0) is 31.0 Å². The van der Waals surface area contributed by atoms with Gasteiger partial charge in [0.2, 0.25) is 5.91 Å². The van der Waals surface area contributed by atoms with Crippen molar-refractivity contribution in [1.82, 2.24) is 10.6 Å². The van der Waals surface area contributed by atoms with Crippen LogP contribution in [0.25, 0.3) is 0 Å². The van der Waals surface area contributed by atoms with Crippen LogP contribution in [0.15, 0.2) is 23.2 Å². The molecule has 0 aliphatic carbocycles. The van der Waals surface area contributed by atoms with Gasteiger partial charge >= 0.3 is 0 Å². The van der Waals surface area contributed by atoms with Crippen LogP contribution in [0.3, 0.4) is 0 Å². The van der Waals surface area contributed by atoms with Gasteiger partial charge in [-0.2, -0.15) is 0 Å². The number of carbonyl (C=O) groups is 1. The zero-order chi connectivity index (χ0) is 19.2. The first-order valence-electron chi connectivity index (χ1n) is 8.64. The molecule has 0 saturated carbocycles. The molecule has 1 aromatic carbocycles. The van der Waals surface area contributed by atoms with Crippen LogP contribution in [0.2, 0.25) is 5.02 Å². The second kappa shape index (κ2) is 15.9. The first kappa shape index (κ1) is 25.9. The number of aliphatic imine (C=N–C) groups is 1. The van der Waals surface area contributed by atoms with E-state index in [4.69, 9.17) is 21.1 Å². The van der Waals surface area contributed by atoms with Crippen LogP contribution >= 0.6 is 35.6 Å². The number of rotatable bonds is 11. The molecular formula is C18H30ClIN4O3. The molecule has 1 rings (SSSR count). The van der Waals surface area contributed by atoms with Gasteiger partial charge in [0, 0.05) is 40.3 Å². The minimum absolute atomic E-state index is 0. The summed E-state index contributed by atoms with van der Waals surface area (Å²) in [4.78, 5) is 16.1. The highest BCUT2D eigenvalue weighted by Crippen LogP contribution is 2.22. The number of carbonyl (C=O) groups excluding carboxylic acids is 1. The Morgan fingerprint density at radius 1 is 1.19 bits per heavy atom. The van der Waals surface area contributed by atoms with Gasteiger partial charge in [0.15, 0.2) is 5.96 Å². The molecule has 0 bridgehead atoms. The number of anilines is 1. The van der Waals surface area contributed by atoms with Crippen LogP contribution in [-0.2, 0) is 14.3 Å². The second-order valence-electron chi connectivity index (χ2n) is 5.67. The van der Waals surface area contributed by atoms with Gasteiger partial charge in [-0.25, -0.2) is 0 Å². The molecule has 0 aliphatic heterocycles. The molecule has 7 nitrogen and oxygen atoms in total. The van der Waals surface area contributed by atoms with Gasteiger partial charge in [0.1, 0.15) is 0 Å². The average molecular weight is 513 g/mol. The molecule has 0 heterocycles. The fraction of sp³-hybridized carbons (Fsp3) is 0.556. The summed E-state index contributed by atoms with van der Waals surface area (Å²) in [6.07, 6.45) is 1.17. The van der Waals surface area contributed by atoms with Gasteiger partial charge in [-0.15, -0.1) is 24.0 Å². The first-order chi connectivity index (χ1) is 12.6. The number of methoxy groups -OCH3 is 1. The predicted molar refractivity (Wildman–Crippen MR) is 122 cm³/mol. The van der Waals surface area contributed by atoms with E-state index in [1.807, 2.05) is 19.1 Å². The summed E-state index contributed by atoms with van der Waals surface area (Å²) >= 11 is 6.11. The number of halogens is 2. The van der Waals surface area contributed by atoms with Crippen molar-refractivity contribution in [2.45, 2.75) is 19.8 Å². The molecule has 0 spiro atoms. The van der Waals surface area contributed by atoms with Crippen molar-refractivity contribution in [3.05, 3.63) is 28.8 Å². The molecule has 0 fully saturated rings. The summed E-state index contributed by atoms with van der Waals surface area (Å²) in [6, 6.07) is 5.53. The Morgan fingerprint density at radius 2 is 1.93 bits per heavy atom. The van der Waals surface area contributed by atoms with Gasteiger partial charge in [-0.3, -0.25) is 9.79 Å². The van der Waals surface area contributed by atoms with Crippen molar-refractivity contribution in [3.8, 4) is 0 Å². The van der Waals surface area contributed by atoms with Gasteiger partial charge < -0.3 is 25.4 Å². The van der Waals surface area contributed by atoms with Crippen molar-refractivity contribution < 1.29 is 14.3 Å². The number of benzene rings is 1. The monoisotopic (exact) mass is 512 g/mol. The van der Waals surface area contributed by atoms with Gasteiger partial charge in [-0.1, -0.05) is 17.7 Å². The summed E-state index contributed by atoms with van der Waals surface area (Å²) < 4.78 is 10.3. The highest BCUT2D eigenvalue weighted by Gasteiger charge is 2.06. The van der Waals surface area contributed by atoms with Crippen LogP contribution in [-0.4, -0.2) is 58.9 Å². The van der Waals surface area contributed by atoms with E-state index in [9.17, 15) is 4.79 Å². The minimum atomic E-state index is -0.106. The molecular weight excluding hydrogens is 483 g/mol. The average Bonchev–Trinajstić information content (AvgIpc) is 2.61. The zero-order valence-electron chi connectivity index (χ0n) is 16.1. The quantitative estimate of drug-likeness (QED) is 0.184. The number of hydrogen-bond donors (Lipinski definition) is 3. The van der Waals surface area contributed by atoms with E-state index < -0.39 is 0 Å². The normalized spacial score (nSPS) is 10.9. The standard InChI is InChI=1S/C18H29ClN4O3.HI/c1-14-5-6-16(15(19)13-14)23-17(24)7-9-22-18(20-2)21-8-4-10-26-12-11-25-3;/h5-6,13H,4,7-12H2,1-3H3,(H,23,24)(H2,20,21,22);1H. The Labute approximate surface area is 183 Å². The number of ether oxygens (including phenoxy) is 2. The summed E-state index contributed by atoms with van der Waals surface area (Å²) in [5.74, 6) is 0.549. The van der Waals surface area contributed by atoms with Gasteiger partial charge in [0.05, 0.1) is 23.9 Å². The van der Waals surface area contributed by atoms with E-state index in [1.54, 1.807) is 20.2 Å². The zero-order valence-corrected chi connectivity index (χ0v) is 19.2. The molecule has 154 valence electrons. The molecule has 0 saturated heterocycles. The van der Waals surface area contributed by atoms with E-state index in [0.717, 1.165) is 18.5 Å². The Bertz CT molecular complexity index is 588. The van der Waals surface area contributed by atoms with Crippen LogP contribution in [0.5, 0.6) is 0 Å². The molecule has 27 heavy (non-hydrogen) atoms. The number of amides is 1. The Balaban J connectivity index is 0.00000676. The molecule has 0 unspecified atom stereocenters. The fourth-order valence-electron chi connectivity index (χ4n) is 2.07. The van der Waals surface area contributed by atoms with Crippen LogP contribution in [0.4, 0.5) is 5.69 Å². The maximum absolute atomic E-state index is 12.0. The van der Waals surface area contributed by atoms with Crippen molar-refractivity contribution in [2.24, 2.45) is 4.99 Å². The lowest BCUT2D eigenvalue weighted by molar-refractivity contribution is -0.116. The van der Waals surface area contributed by atoms with E-state index in [0.29, 0.717) is 49.5 Å². The predicted octanol–water partition coefficient (Wildman–Crippen LogP) is 2.81. The molecule has 0 aromatic heterocycles. The SMILES string of the molecule is CN=C(NCCCOCCOC)NCCC(=O)Nc1ccc(C)cc1Cl.I. The lowest BCUT2D eigenvalue weighted by Crippen LogP contribution is -2.39. The number of nitrogens with one attached hydrogen (secondary N) is 3. The lowest BCUT2D eigenvalue weighted by Gasteiger charge is -2.12. The topological polar surface area (TPSA) is 84.0 Å². The van der Waals surface area contributed by atoms with Crippen molar-refractivity contribution >= 4 is 53.1 Å². The van der Waals surface area contributed by atoms with Crippen LogP contribution in [0, 0.1) is 6.92 Å². The van der Waals surface area contributed by atoms with Crippen LogP contribution in [0.1, 0.15) is 18.4 Å². The second-order valence-corrected chi connectivity index (χ2v) is 6.07. The van der Waals surface area contributed by atoms with E-state index in [2.05, 4.69) is 20.9 Å². The van der Waals surface area contributed by atoms with Crippen molar-refractivity contribution in [1.29, 1.82) is 0 Å². The number of aryl methyl sites for hydroxylation is 1. The third-order valence-electron chi connectivity index (χ3n) is 3.46. The molecule has 0 aliphatic rings. The smallest absolute Gasteiger partial charge is 0.226 e. The number of nitrogens with zero attached hydrogens (tertiary/aromatic N) is 1. The third-order valence-corrected chi connectivity index (χ3v) is 3.77. The van der Waals surface area contributed by atoms with E-state index >= 15 is 0 Å². The third kappa shape index (κ3) is 12.1. The highest BCUT2D eigenvalue weighted by atomic mass is 127. The maximum atomic E-state index is 12.0. The first-order valence-corrected chi connectivity index (χ1v) is 9.01. The molecule has 1 amide bonds.